The third-order valence-electron chi connectivity index (χ3n) is 4.92. The molecular formula is C23H23N5O. The van der Waals surface area contributed by atoms with Crippen molar-refractivity contribution in [1.29, 1.82) is 0 Å². The molecule has 146 valence electrons. The first-order valence-electron chi connectivity index (χ1n) is 9.45. The molecule has 0 radical (unpaired) electrons. The van der Waals surface area contributed by atoms with Crippen LogP contribution in [0.1, 0.15) is 15.9 Å². The van der Waals surface area contributed by atoms with E-state index in [4.69, 9.17) is 0 Å². The van der Waals surface area contributed by atoms with E-state index in [0.717, 1.165) is 33.8 Å². The van der Waals surface area contributed by atoms with Crippen molar-refractivity contribution >= 4 is 22.8 Å². The number of nitrogens with zero attached hydrogens (tertiary/aromatic N) is 4. The molecule has 0 fully saturated rings. The number of anilines is 1. The number of pyridine rings is 1. The van der Waals surface area contributed by atoms with Crippen molar-refractivity contribution in [2.45, 2.75) is 6.54 Å². The normalized spacial score (nSPS) is 10.9. The van der Waals surface area contributed by atoms with Gasteiger partial charge >= 0.3 is 0 Å². The lowest BCUT2D eigenvalue weighted by atomic mass is 10.1. The first-order valence-corrected chi connectivity index (χ1v) is 9.45. The van der Waals surface area contributed by atoms with Crippen LogP contribution in [-0.4, -0.2) is 34.5 Å². The van der Waals surface area contributed by atoms with Gasteiger partial charge in [0.25, 0.3) is 5.91 Å². The second-order valence-corrected chi connectivity index (χ2v) is 7.16. The van der Waals surface area contributed by atoms with E-state index in [-0.39, 0.29) is 5.91 Å². The molecule has 4 rings (SSSR count). The zero-order chi connectivity index (χ0) is 20.4. The molecule has 0 atom stereocenters. The molecule has 1 N–H and O–H groups in total. The van der Waals surface area contributed by atoms with Crippen molar-refractivity contribution in [2.24, 2.45) is 7.05 Å². The van der Waals surface area contributed by atoms with Crippen LogP contribution >= 0.6 is 0 Å². The predicted octanol–water partition coefficient (Wildman–Crippen LogP) is 3.63. The molecule has 0 spiro atoms. The van der Waals surface area contributed by atoms with Crippen LogP contribution in [0, 0.1) is 0 Å². The summed E-state index contributed by atoms with van der Waals surface area (Å²) in [5.41, 5.74) is 5.33. The number of hydrogen-bond acceptors (Lipinski definition) is 4. The number of carbonyl (C=O) groups excluding carboxylic acids is 1. The highest BCUT2D eigenvalue weighted by atomic mass is 16.1. The minimum absolute atomic E-state index is 0.111. The van der Waals surface area contributed by atoms with Gasteiger partial charge < -0.3 is 14.8 Å². The van der Waals surface area contributed by atoms with E-state index in [9.17, 15) is 4.79 Å². The van der Waals surface area contributed by atoms with E-state index in [1.54, 1.807) is 6.20 Å². The number of imidazole rings is 1. The monoisotopic (exact) mass is 385 g/mol. The summed E-state index contributed by atoms with van der Waals surface area (Å²) in [5, 5.41) is 2.99. The molecule has 0 aliphatic heterocycles. The summed E-state index contributed by atoms with van der Waals surface area (Å²) in [6.07, 6.45) is 1.75. The van der Waals surface area contributed by atoms with Gasteiger partial charge in [-0.1, -0.05) is 24.3 Å². The summed E-state index contributed by atoms with van der Waals surface area (Å²) in [7, 11) is 5.94. The first-order chi connectivity index (χ1) is 14.0. The van der Waals surface area contributed by atoms with Gasteiger partial charge in [0.2, 0.25) is 0 Å². The summed E-state index contributed by atoms with van der Waals surface area (Å²) in [4.78, 5) is 23.8. The maximum Gasteiger partial charge on any atom is 0.251 e. The Kier molecular flexibility index (Phi) is 4.99. The van der Waals surface area contributed by atoms with E-state index in [1.165, 1.54) is 0 Å². The van der Waals surface area contributed by atoms with E-state index < -0.39 is 0 Å². The van der Waals surface area contributed by atoms with Gasteiger partial charge in [0.05, 0.1) is 0 Å². The molecule has 4 aromatic rings. The molecule has 29 heavy (non-hydrogen) atoms. The van der Waals surface area contributed by atoms with Gasteiger partial charge in [0, 0.05) is 50.7 Å². The Balaban J connectivity index is 1.52. The minimum atomic E-state index is -0.111. The van der Waals surface area contributed by atoms with Crippen molar-refractivity contribution in [3.8, 4) is 11.4 Å². The van der Waals surface area contributed by atoms with E-state index in [0.29, 0.717) is 12.1 Å². The molecule has 2 heterocycles. The predicted molar refractivity (Wildman–Crippen MR) is 116 cm³/mol. The molecule has 0 saturated heterocycles. The van der Waals surface area contributed by atoms with Crippen LogP contribution < -0.4 is 10.2 Å². The Labute approximate surface area is 169 Å². The average molecular weight is 385 g/mol. The number of benzene rings is 2. The van der Waals surface area contributed by atoms with Gasteiger partial charge in [-0.3, -0.25) is 4.79 Å². The van der Waals surface area contributed by atoms with E-state index in [1.807, 2.05) is 91.3 Å². The zero-order valence-corrected chi connectivity index (χ0v) is 16.8. The molecule has 0 bridgehead atoms. The summed E-state index contributed by atoms with van der Waals surface area (Å²) < 4.78 is 1.94. The number of aryl methyl sites for hydroxylation is 1. The Morgan fingerprint density at radius 1 is 1.07 bits per heavy atom. The molecular weight excluding hydrogens is 362 g/mol. The Hall–Kier alpha value is -3.67. The summed E-state index contributed by atoms with van der Waals surface area (Å²) in [5.74, 6) is 0.674. The molecule has 2 aromatic heterocycles. The van der Waals surface area contributed by atoms with E-state index in [2.05, 4.69) is 15.3 Å². The standard InChI is InChI=1S/C23H23N5O/c1-27(2)19-11-9-16(10-12-19)15-25-23(29)18-7-4-6-17(14-18)21-26-20-8-5-13-24-22(20)28(21)3/h4-14H,15H2,1-3H3,(H,25,29). The lowest BCUT2D eigenvalue weighted by molar-refractivity contribution is 0.0951. The average Bonchev–Trinajstić information content (AvgIpc) is 3.09. The lowest BCUT2D eigenvalue weighted by Crippen LogP contribution is -2.22. The third kappa shape index (κ3) is 3.82. The van der Waals surface area contributed by atoms with Crippen LogP contribution in [0.25, 0.3) is 22.6 Å². The number of rotatable bonds is 5. The highest BCUT2D eigenvalue weighted by Gasteiger charge is 2.13. The number of nitrogens with one attached hydrogen (secondary N) is 1. The van der Waals surface area contributed by atoms with Crippen LogP contribution in [0.2, 0.25) is 0 Å². The number of hydrogen-bond donors (Lipinski definition) is 1. The highest BCUT2D eigenvalue weighted by Crippen LogP contribution is 2.23. The van der Waals surface area contributed by atoms with Crippen LogP contribution in [0.4, 0.5) is 5.69 Å². The van der Waals surface area contributed by atoms with Crippen LogP contribution in [0.15, 0.2) is 66.9 Å². The van der Waals surface area contributed by atoms with Crippen molar-refractivity contribution < 1.29 is 4.79 Å². The fourth-order valence-corrected chi connectivity index (χ4v) is 3.28. The second kappa shape index (κ2) is 7.75. The van der Waals surface area contributed by atoms with Gasteiger partial charge in [0.1, 0.15) is 11.3 Å². The SMILES string of the molecule is CN(C)c1ccc(CNC(=O)c2cccc(-c3nc4cccnc4n3C)c2)cc1. The topological polar surface area (TPSA) is 63.1 Å². The molecule has 0 aliphatic carbocycles. The summed E-state index contributed by atoms with van der Waals surface area (Å²) in [6, 6.07) is 19.5. The minimum Gasteiger partial charge on any atom is -0.378 e. The molecule has 6 nitrogen and oxygen atoms in total. The molecule has 1 amide bonds. The second-order valence-electron chi connectivity index (χ2n) is 7.16. The Morgan fingerprint density at radius 2 is 1.86 bits per heavy atom. The van der Waals surface area contributed by atoms with Crippen LogP contribution in [0.5, 0.6) is 0 Å². The largest absolute Gasteiger partial charge is 0.378 e. The fraction of sp³-hybridized carbons (Fsp3) is 0.174. The smallest absolute Gasteiger partial charge is 0.251 e. The number of aromatic nitrogens is 3. The number of carbonyl (C=O) groups is 1. The maximum absolute atomic E-state index is 12.7. The first kappa shape index (κ1) is 18.7. The molecule has 0 unspecified atom stereocenters. The van der Waals surface area contributed by atoms with Crippen molar-refractivity contribution in [3.63, 3.8) is 0 Å². The zero-order valence-electron chi connectivity index (χ0n) is 16.8. The Bertz CT molecular complexity index is 1160. The van der Waals surface area contributed by atoms with Gasteiger partial charge in [-0.2, -0.15) is 0 Å². The Morgan fingerprint density at radius 3 is 2.59 bits per heavy atom. The number of fused-ring (bicyclic) bond motifs is 1. The van der Waals surface area contributed by atoms with Crippen molar-refractivity contribution in [2.75, 3.05) is 19.0 Å². The number of amides is 1. The van der Waals surface area contributed by atoms with Gasteiger partial charge in [-0.15, -0.1) is 0 Å². The van der Waals surface area contributed by atoms with Crippen LogP contribution in [-0.2, 0) is 13.6 Å². The van der Waals surface area contributed by atoms with Gasteiger partial charge in [-0.05, 0) is 42.0 Å². The molecule has 0 saturated carbocycles. The maximum atomic E-state index is 12.7. The lowest BCUT2D eigenvalue weighted by Gasteiger charge is -2.13. The van der Waals surface area contributed by atoms with Crippen molar-refractivity contribution in [1.82, 2.24) is 19.9 Å². The summed E-state index contributed by atoms with van der Waals surface area (Å²) >= 11 is 0. The molecule has 0 aliphatic rings. The van der Waals surface area contributed by atoms with Gasteiger partial charge in [0.15, 0.2) is 5.65 Å². The van der Waals surface area contributed by atoms with Crippen molar-refractivity contribution in [3.05, 3.63) is 78.0 Å². The highest BCUT2D eigenvalue weighted by molar-refractivity contribution is 5.95. The fourth-order valence-electron chi connectivity index (χ4n) is 3.28. The molecule has 6 heteroatoms. The van der Waals surface area contributed by atoms with Gasteiger partial charge in [-0.25, -0.2) is 9.97 Å². The third-order valence-corrected chi connectivity index (χ3v) is 4.92. The summed E-state index contributed by atoms with van der Waals surface area (Å²) in [6.45, 7) is 0.479. The van der Waals surface area contributed by atoms with Crippen LogP contribution in [0.3, 0.4) is 0 Å². The quantitative estimate of drug-likeness (QED) is 0.570. The van der Waals surface area contributed by atoms with E-state index >= 15 is 0 Å². The molecule has 2 aromatic carbocycles.